The van der Waals surface area contributed by atoms with Gasteiger partial charge in [0.2, 0.25) is 0 Å². The molecule has 7 aromatic rings. The van der Waals surface area contributed by atoms with Gasteiger partial charge in [0.1, 0.15) is 0 Å². The molecule has 0 spiro atoms. The predicted octanol–water partition coefficient (Wildman–Crippen LogP) is 11.9. The van der Waals surface area contributed by atoms with Gasteiger partial charge < -0.3 is 0 Å². The zero-order valence-corrected chi connectivity index (χ0v) is 31.9. The molecule has 0 radical (unpaired) electrons. The van der Waals surface area contributed by atoms with Crippen molar-refractivity contribution in [3.63, 3.8) is 0 Å². The molecule has 0 saturated heterocycles. The Labute approximate surface area is 313 Å². The third-order valence-corrected chi connectivity index (χ3v) is 10.6. The highest BCUT2D eigenvalue weighted by atomic mass is 15.0. The molecule has 5 aromatic carbocycles. The zero-order chi connectivity index (χ0) is 37.1. The van der Waals surface area contributed by atoms with Gasteiger partial charge in [-0.1, -0.05) is 146 Å². The van der Waals surface area contributed by atoms with Crippen LogP contribution in [-0.4, -0.2) is 24.9 Å². The molecule has 0 aliphatic heterocycles. The maximum Gasteiger partial charge on any atom is 0.164 e. The Bertz CT molecular complexity index is 2450. The van der Waals surface area contributed by atoms with E-state index in [4.69, 9.17) is 19.9 Å². The molecular weight excluding hydrogens is 647 g/mol. The Kier molecular flexibility index (Phi) is 8.21. The summed E-state index contributed by atoms with van der Waals surface area (Å²) in [5.74, 6) is 1.88. The summed E-state index contributed by atoms with van der Waals surface area (Å²) >= 11 is 0. The second-order valence-electron chi connectivity index (χ2n) is 16.8. The second-order valence-corrected chi connectivity index (χ2v) is 16.8. The molecule has 0 N–H and O–H groups in total. The standard InChI is InChI=1S/C48H45N5/c1-46(2,3)35-26-32(27-36(28-35)47(4,5)6)31-23-33(41-29-49-21-22-50-41)25-34(24-31)44-51-43(30-15-10-9-11-16-30)52-45(53-44)38-18-14-20-40-42(38)37-17-12-13-19-39(37)48(40,7)8/h9-29H,1-8H3. The highest BCUT2D eigenvalue weighted by Gasteiger charge is 2.37. The van der Waals surface area contributed by atoms with Crippen LogP contribution in [0.15, 0.2) is 128 Å². The molecule has 262 valence electrons. The molecule has 1 aliphatic carbocycles. The topological polar surface area (TPSA) is 64.5 Å². The summed E-state index contributed by atoms with van der Waals surface area (Å²) in [5, 5.41) is 0. The lowest BCUT2D eigenvalue weighted by Crippen LogP contribution is -2.16. The molecule has 0 atom stereocenters. The molecule has 0 fully saturated rings. The summed E-state index contributed by atoms with van der Waals surface area (Å²) in [6.45, 7) is 18.3. The van der Waals surface area contributed by atoms with Gasteiger partial charge in [-0.25, -0.2) is 15.0 Å². The van der Waals surface area contributed by atoms with E-state index in [1.54, 1.807) is 12.4 Å². The maximum atomic E-state index is 5.32. The number of aromatic nitrogens is 5. The first kappa shape index (κ1) is 34.3. The van der Waals surface area contributed by atoms with E-state index in [2.05, 4.69) is 151 Å². The van der Waals surface area contributed by atoms with E-state index in [0.29, 0.717) is 17.5 Å². The van der Waals surface area contributed by atoms with Crippen molar-refractivity contribution in [1.29, 1.82) is 0 Å². The molecule has 2 aromatic heterocycles. The highest BCUT2D eigenvalue weighted by molar-refractivity contribution is 5.91. The van der Waals surface area contributed by atoms with Gasteiger partial charge in [0.25, 0.3) is 0 Å². The fraction of sp³-hybridized carbons (Fsp3) is 0.229. The first-order valence-corrected chi connectivity index (χ1v) is 18.4. The van der Waals surface area contributed by atoms with Gasteiger partial charge in [-0.3, -0.25) is 9.97 Å². The predicted molar refractivity (Wildman–Crippen MR) is 218 cm³/mol. The average Bonchev–Trinajstić information content (AvgIpc) is 3.40. The Morgan fingerprint density at radius 1 is 0.472 bits per heavy atom. The van der Waals surface area contributed by atoms with Crippen molar-refractivity contribution >= 4 is 0 Å². The van der Waals surface area contributed by atoms with Crippen LogP contribution in [0.5, 0.6) is 0 Å². The van der Waals surface area contributed by atoms with E-state index in [1.807, 2.05) is 24.4 Å². The molecule has 0 bridgehead atoms. The number of fused-ring (bicyclic) bond motifs is 3. The van der Waals surface area contributed by atoms with Crippen LogP contribution in [0, 0.1) is 0 Å². The van der Waals surface area contributed by atoms with E-state index < -0.39 is 0 Å². The van der Waals surface area contributed by atoms with Crippen LogP contribution in [0.4, 0.5) is 0 Å². The fourth-order valence-corrected chi connectivity index (χ4v) is 7.46. The van der Waals surface area contributed by atoms with Gasteiger partial charge in [-0.15, -0.1) is 0 Å². The van der Waals surface area contributed by atoms with E-state index in [9.17, 15) is 0 Å². The van der Waals surface area contributed by atoms with Crippen molar-refractivity contribution in [1.82, 2.24) is 24.9 Å². The van der Waals surface area contributed by atoms with Gasteiger partial charge >= 0.3 is 0 Å². The van der Waals surface area contributed by atoms with Crippen molar-refractivity contribution in [2.45, 2.75) is 71.6 Å². The first-order chi connectivity index (χ1) is 25.3. The van der Waals surface area contributed by atoms with Crippen LogP contribution in [0.3, 0.4) is 0 Å². The maximum absolute atomic E-state index is 5.32. The SMILES string of the molecule is CC(C)(C)c1cc(-c2cc(-c3cnccn3)cc(-c3nc(-c4ccccc4)nc(-c4cccc5c4-c4ccccc4C5(C)C)n3)c2)cc(C(C)(C)C)c1. The lowest BCUT2D eigenvalue weighted by Gasteiger charge is -2.26. The molecule has 0 unspecified atom stereocenters. The lowest BCUT2D eigenvalue weighted by atomic mass is 9.78. The number of hydrogen-bond acceptors (Lipinski definition) is 5. The number of rotatable bonds is 5. The average molecular weight is 692 g/mol. The molecule has 5 nitrogen and oxygen atoms in total. The Morgan fingerprint density at radius 3 is 1.72 bits per heavy atom. The molecule has 2 heterocycles. The first-order valence-electron chi connectivity index (χ1n) is 18.4. The van der Waals surface area contributed by atoms with Crippen molar-refractivity contribution in [2.75, 3.05) is 0 Å². The van der Waals surface area contributed by atoms with Crippen LogP contribution < -0.4 is 0 Å². The summed E-state index contributed by atoms with van der Waals surface area (Å²) < 4.78 is 0. The normalized spacial score (nSPS) is 13.4. The molecule has 1 aliphatic rings. The highest BCUT2D eigenvalue weighted by Crippen LogP contribution is 2.51. The number of hydrogen-bond donors (Lipinski definition) is 0. The third kappa shape index (κ3) is 6.35. The molecular formula is C48H45N5. The molecule has 5 heteroatoms. The van der Waals surface area contributed by atoms with Crippen LogP contribution in [0.2, 0.25) is 0 Å². The van der Waals surface area contributed by atoms with Crippen LogP contribution in [-0.2, 0) is 16.2 Å². The van der Waals surface area contributed by atoms with Gasteiger partial charge in [-0.05, 0) is 73.5 Å². The Balaban J connectivity index is 1.40. The summed E-state index contributed by atoms with van der Waals surface area (Å²) in [6.07, 6.45) is 5.26. The summed E-state index contributed by atoms with van der Waals surface area (Å²) in [6, 6.07) is 39.0. The Morgan fingerprint density at radius 2 is 1.04 bits per heavy atom. The number of nitrogens with zero attached hydrogens (tertiary/aromatic N) is 5. The molecule has 0 amide bonds. The minimum absolute atomic E-state index is 0.0296. The summed E-state index contributed by atoms with van der Waals surface area (Å²) in [4.78, 5) is 24.9. The van der Waals surface area contributed by atoms with E-state index in [0.717, 1.165) is 39.1 Å². The van der Waals surface area contributed by atoms with Crippen molar-refractivity contribution in [3.05, 3.63) is 150 Å². The third-order valence-electron chi connectivity index (χ3n) is 10.6. The van der Waals surface area contributed by atoms with Crippen molar-refractivity contribution in [2.24, 2.45) is 0 Å². The quantitative estimate of drug-likeness (QED) is 0.180. The van der Waals surface area contributed by atoms with Gasteiger partial charge in [0.15, 0.2) is 17.5 Å². The van der Waals surface area contributed by atoms with E-state index in [1.165, 1.54) is 33.4 Å². The molecule has 0 saturated carbocycles. The fourth-order valence-electron chi connectivity index (χ4n) is 7.46. The minimum atomic E-state index is -0.145. The summed E-state index contributed by atoms with van der Waals surface area (Å²) in [5.41, 5.74) is 14.2. The van der Waals surface area contributed by atoms with E-state index >= 15 is 0 Å². The smallest absolute Gasteiger partial charge is 0.164 e. The van der Waals surface area contributed by atoms with Crippen molar-refractivity contribution < 1.29 is 0 Å². The van der Waals surface area contributed by atoms with Gasteiger partial charge in [-0.2, -0.15) is 0 Å². The van der Waals surface area contributed by atoms with Crippen molar-refractivity contribution in [3.8, 4) is 67.7 Å². The zero-order valence-electron chi connectivity index (χ0n) is 31.9. The monoisotopic (exact) mass is 691 g/mol. The van der Waals surface area contributed by atoms with Crippen LogP contribution in [0.25, 0.3) is 67.7 Å². The molecule has 53 heavy (non-hydrogen) atoms. The van der Waals surface area contributed by atoms with Crippen LogP contribution >= 0.6 is 0 Å². The lowest BCUT2D eigenvalue weighted by molar-refractivity contribution is 0.569. The van der Waals surface area contributed by atoms with E-state index in [-0.39, 0.29) is 16.2 Å². The Hall–Kier alpha value is -5.81. The largest absolute Gasteiger partial charge is 0.261 e. The summed E-state index contributed by atoms with van der Waals surface area (Å²) in [7, 11) is 0. The van der Waals surface area contributed by atoms with Gasteiger partial charge in [0, 0.05) is 40.1 Å². The van der Waals surface area contributed by atoms with Crippen LogP contribution in [0.1, 0.15) is 77.6 Å². The minimum Gasteiger partial charge on any atom is -0.261 e. The second kappa shape index (κ2) is 12.7. The molecule has 8 rings (SSSR count). The van der Waals surface area contributed by atoms with Gasteiger partial charge in [0.05, 0.1) is 11.9 Å². The number of benzene rings is 5.